The molecule has 0 aromatic heterocycles. The molecule has 0 amide bonds. The molecule has 98 valence electrons. The van der Waals surface area contributed by atoms with E-state index in [0.29, 0.717) is 0 Å². The molecule has 1 saturated heterocycles. The molecule has 1 aliphatic carbocycles. The maximum atomic E-state index is 3.58. The Bertz CT molecular complexity index is 368. The van der Waals surface area contributed by atoms with Crippen LogP contribution in [0.4, 0.5) is 0 Å². The molecule has 1 N–H and O–H groups in total. The van der Waals surface area contributed by atoms with E-state index in [2.05, 4.69) is 47.5 Å². The predicted octanol–water partition coefficient (Wildman–Crippen LogP) is 2.62. The largest absolute Gasteiger partial charge is 0.314 e. The fourth-order valence-corrected chi connectivity index (χ4v) is 3.37. The second-order valence-corrected chi connectivity index (χ2v) is 5.69. The van der Waals surface area contributed by atoms with Gasteiger partial charge in [0.25, 0.3) is 0 Å². The predicted molar refractivity (Wildman–Crippen MR) is 75.9 cm³/mol. The summed E-state index contributed by atoms with van der Waals surface area (Å²) in [5, 5.41) is 3.58. The number of nitrogens with zero attached hydrogens (tertiary/aromatic N) is 1. The number of nitrogens with one attached hydrogen (secondary N) is 1. The van der Waals surface area contributed by atoms with Crippen molar-refractivity contribution in [3.8, 4) is 0 Å². The molecule has 18 heavy (non-hydrogen) atoms. The Morgan fingerprint density at radius 1 is 1.17 bits per heavy atom. The summed E-state index contributed by atoms with van der Waals surface area (Å²) in [5.74, 6) is 0.807. The SMILES string of the molecule is CCNC1CCN(C2CC2c2ccccc2)CC1. The molecule has 0 radical (unpaired) electrons. The smallest absolute Gasteiger partial charge is 0.0171 e. The molecular weight excluding hydrogens is 220 g/mol. The first-order valence-corrected chi connectivity index (χ1v) is 7.41. The fraction of sp³-hybridized carbons (Fsp3) is 0.625. The number of hydrogen-bond acceptors (Lipinski definition) is 2. The molecule has 2 atom stereocenters. The van der Waals surface area contributed by atoms with Gasteiger partial charge in [0.15, 0.2) is 0 Å². The van der Waals surface area contributed by atoms with E-state index < -0.39 is 0 Å². The van der Waals surface area contributed by atoms with Gasteiger partial charge in [0.2, 0.25) is 0 Å². The van der Waals surface area contributed by atoms with E-state index in [0.717, 1.165) is 24.5 Å². The second-order valence-electron chi connectivity index (χ2n) is 5.69. The van der Waals surface area contributed by atoms with E-state index in [9.17, 15) is 0 Å². The van der Waals surface area contributed by atoms with Crippen LogP contribution in [-0.2, 0) is 0 Å². The zero-order valence-corrected chi connectivity index (χ0v) is 11.3. The minimum atomic E-state index is 0.764. The van der Waals surface area contributed by atoms with Crippen molar-refractivity contribution < 1.29 is 0 Å². The molecule has 1 aromatic rings. The highest BCUT2D eigenvalue weighted by Gasteiger charge is 2.43. The summed E-state index contributed by atoms with van der Waals surface area (Å²) in [6, 6.07) is 12.6. The lowest BCUT2D eigenvalue weighted by Gasteiger charge is -2.32. The van der Waals surface area contributed by atoms with Crippen molar-refractivity contribution in [2.24, 2.45) is 0 Å². The van der Waals surface area contributed by atoms with Crippen molar-refractivity contribution in [2.75, 3.05) is 19.6 Å². The van der Waals surface area contributed by atoms with Crippen LogP contribution in [0.3, 0.4) is 0 Å². The molecule has 2 aliphatic rings. The van der Waals surface area contributed by atoms with Gasteiger partial charge in [-0.15, -0.1) is 0 Å². The molecule has 1 aromatic carbocycles. The van der Waals surface area contributed by atoms with Crippen molar-refractivity contribution in [1.82, 2.24) is 10.2 Å². The first-order valence-electron chi connectivity index (χ1n) is 7.41. The maximum absolute atomic E-state index is 3.58. The van der Waals surface area contributed by atoms with Gasteiger partial charge in [0.05, 0.1) is 0 Å². The Labute approximate surface area is 110 Å². The minimum absolute atomic E-state index is 0.764. The molecule has 2 nitrogen and oxygen atoms in total. The molecule has 2 unspecified atom stereocenters. The first kappa shape index (κ1) is 12.2. The van der Waals surface area contributed by atoms with E-state index >= 15 is 0 Å². The van der Waals surface area contributed by atoms with Gasteiger partial charge in [0, 0.05) is 18.0 Å². The third kappa shape index (κ3) is 2.60. The van der Waals surface area contributed by atoms with Crippen LogP contribution in [0.15, 0.2) is 30.3 Å². The van der Waals surface area contributed by atoms with E-state index in [1.807, 2.05) is 0 Å². The maximum Gasteiger partial charge on any atom is 0.0171 e. The van der Waals surface area contributed by atoms with E-state index in [4.69, 9.17) is 0 Å². The summed E-state index contributed by atoms with van der Waals surface area (Å²) in [5.41, 5.74) is 1.54. The van der Waals surface area contributed by atoms with Gasteiger partial charge in [0.1, 0.15) is 0 Å². The molecule has 1 saturated carbocycles. The average molecular weight is 244 g/mol. The summed E-state index contributed by atoms with van der Waals surface area (Å²) in [6.45, 7) is 5.89. The molecule has 2 heteroatoms. The molecule has 1 heterocycles. The third-order valence-corrected chi connectivity index (χ3v) is 4.48. The average Bonchev–Trinajstić information content (AvgIpc) is 3.21. The topological polar surface area (TPSA) is 15.3 Å². The Kier molecular flexibility index (Phi) is 3.67. The van der Waals surface area contributed by atoms with Crippen LogP contribution >= 0.6 is 0 Å². The van der Waals surface area contributed by atoms with Crippen molar-refractivity contribution in [2.45, 2.75) is 44.2 Å². The van der Waals surface area contributed by atoms with Crippen molar-refractivity contribution in [3.05, 3.63) is 35.9 Å². The van der Waals surface area contributed by atoms with Crippen LogP contribution in [0.1, 0.15) is 37.7 Å². The number of hydrogen-bond donors (Lipinski definition) is 1. The standard InChI is InChI=1S/C16H24N2/c1-2-17-14-8-10-18(11-9-14)16-12-15(16)13-6-4-3-5-7-13/h3-7,14-17H,2,8-12H2,1H3. The molecule has 3 rings (SSSR count). The summed E-state index contributed by atoms with van der Waals surface area (Å²) in [6.07, 6.45) is 4.02. The summed E-state index contributed by atoms with van der Waals surface area (Å²) in [7, 11) is 0. The monoisotopic (exact) mass is 244 g/mol. The second kappa shape index (κ2) is 5.41. The van der Waals surface area contributed by atoms with Crippen LogP contribution < -0.4 is 5.32 Å². The molecule has 2 fully saturated rings. The zero-order chi connectivity index (χ0) is 12.4. The molecule has 1 aliphatic heterocycles. The zero-order valence-electron chi connectivity index (χ0n) is 11.3. The molecular formula is C16H24N2. The first-order chi connectivity index (χ1) is 8.88. The summed E-state index contributed by atoms with van der Waals surface area (Å²) >= 11 is 0. The Morgan fingerprint density at radius 2 is 1.89 bits per heavy atom. The third-order valence-electron chi connectivity index (χ3n) is 4.48. The Morgan fingerprint density at radius 3 is 2.56 bits per heavy atom. The van der Waals surface area contributed by atoms with Gasteiger partial charge in [-0.3, -0.25) is 4.90 Å². The summed E-state index contributed by atoms with van der Waals surface area (Å²) in [4.78, 5) is 2.71. The van der Waals surface area contributed by atoms with Crippen molar-refractivity contribution >= 4 is 0 Å². The Balaban J connectivity index is 1.51. The highest BCUT2D eigenvalue weighted by molar-refractivity contribution is 5.27. The highest BCUT2D eigenvalue weighted by atomic mass is 15.2. The van der Waals surface area contributed by atoms with Gasteiger partial charge >= 0.3 is 0 Å². The van der Waals surface area contributed by atoms with Gasteiger partial charge in [-0.05, 0) is 44.5 Å². The lowest BCUT2D eigenvalue weighted by molar-refractivity contribution is 0.188. The number of rotatable bonds is 4. The fourth-order valence-electron chi connectivity index (χ4n) is 3.37. The molecule has 0 spiro atoms. The van der Waals surface area contributed by atoms with Crippen LogP contribution in [0.2, 0.25) is 0 Å². The minimum Gasteiger partial charge on any atom is -0.314 e. The Hall–Kier alpha value is -0.860. The normalized spacial score (nSPS) is 29.4. The van der Waals surface area contributed by atoms with E-state index in [1.165, 1.54) is 37.9 Å². The van der Waals surface area contributed by atoms with Crippen LogP contribution in [0.25, 0.3) is 0 Å². The van der Waals surface area contributed by atoms with Gasteiger partial charge in [-0.1, -0.05) is 37.3 Å². The lowest BCUT2D eigenvalue weighted by Crippen LogP contribution is -2.43. The number of likely N-dealkylation sites (tertiary alicyclic amines) is 1. The van der Waals surface area contributed by atoms with Crippen LogP contribution in [0, 0.1) is 0 Å². The van der Waals surface area contributed by atoms with Crippen LogP contribution in [-0.4, -0.2) is 36.6 Å². The quantitative estimate of drug-likeness (QED) is 0.876. The van der Waals surface area contributed by atoms with Crippen LogP contribution in [0.5, 0.6) is 0 Å². The lowest BCUT2D eigenvalue weighted by atomic mass is 10.0. The van der Waals surface area contributed by atoms with E-state index in [1.54, 1.807) is 0 Å². The van der Waals surface area contributed by atoms with E-state index in [-0.39, 0.29) is 0 Å². The highest BCUT2D eigenvalue weighted by Crippen LogP contribution is 2.45. The van der Waals surface area contributed by atoms with Gasteiger partial charge < -0.3 is 5.32 Å². The van der Waals surface area contributed by atoms with Crippen molar-refractivity contribution in [1.29, 1.82) is 0 Å². The molecule has 0 bridgehead atoms. The van der Waals surface area contributed by atoms with Gasteiger partial charge in [-0.2, -0.15) is 0 Å². The number of piperidine rings is 1. The summed E-state index contributed by atoms with van der Waals surface area (Å²) < 4.78 is 0. The number of benzene rings is 1. The van der Waals surface area contributed by atoms with Gasteiger partial charge in [-0.25, -0.2) is 0 Å². The van der Waals surface area contributed by atoms with Crippen molar-refractivity contribution in [3.63, 3.8) is 0 Å².